The molecule has 0 N–H and O–H groups in total. The summed E-state index contributed by atoms with van der Waals surface area (Å²) in [7, 11) is 0. The standard InChI is InChI=1S/C15H18BrF2NO/c1-15(2)4-3-6-19(7-5-15)14(20)13-11(17)8-10(16)9-12(13)18/h8-9H,3-7H2,1-2H3. The Morgan fingerprint density at radius 3 is 2.40 bits per heavy atom. The predicted molar refractivity (Wildman–Crippen MR) is 77.6 cm³/mol. The van der Waals surface area contributed by atoms with Crippen LogP contribution < -0.4 is 0 Å². The molecule has 0 aliphatic carbocycles. The molecule has 0 saturated carbocycles. The minimum atomic E-state index is -0.814. The monoisotopic (exact) mass is 345 g/mol. The van der Waals surface area contributed by atoms with E-state index in [9.17, 15) is 13.6 Å². The van der Waals surface area contributed by atoms with Gasteiger partial charge in [0.2, 0.25) is 0 Å². The second-order valence-electron chi connectivity index (χ2n) is 6.05. The molecule has 1 aromatic carbocycles. The summed E-state index contributed by atoms with van der Waals surface area (Å²) in [6, 6.07) is 2.25. The fraction of sp³-hybridized carbons (Fsp3) is 0.533. The zero-order valence-electron chi connectivity index (χ0n) is 11.7. The second kappa shape index (κ2) is 5.80. The van der Waals surface area contributed by atoms with Crippen molar-refractivity contribution in [3.8, 4) is 0 Å². The third-order valence-corrected chi connectivity index (χ3v) is 4.31. The van der Waals surface area contributed by atoms with Crippen LogP contribution in [0.2, 0.25) is 0 Å². The number of rotatable bonds is 1. The van der Waals surface area contributed by atoms with Crippen LogP contribution in [0.3, 0.4) is 0 Å². The van der Waals surface area contributed by atoms with Crippen LogP contribution in [-0.4, -0.2) is 23.9 Å². The van der Waals surface area contributed by atoms with Gasteiger partial charge < -0.3 is 4.90 Å². The maximum absolute atomic E-state index is 13.9. The van der Waals surface area contributed by atoms with E-state index >= 15 is 0 Å². The predicted octanol–water partition coefficient (Wildman–Crippen LogP) is 4.38. The Morgan fingerprint density at radius 2 is 1.80 bits per heavy atom. The zero-order chi connectivity index (χ0) is 14.9. The Morgan fingerprint density at radius 1 is 1.20 bits per heavy atom. The highest BCUT2D eigenvalue weighted by Gasteiger charge is 2.28. The Hall–Kier alpha value is -0.970. The number of halogens is 3. The van der Waals surface area contributed by atoms with Gasteiger partial charge in [-0.05, 0) is 36.8 Å². The molecule has 1 saturated heterocycles. The summed E-state index contributed by atoms with van der Waals surface area (Å²) in [5, 5.41) is 0. The number of nitrogens with zero attached hydrogens (tertiary/aromatic N) is 1. The number of benzene rings is 1. The van der Waals surface area contributed by atoms with E-state index in [1.165, 1.54) is 0 Å². The van der Waals surface area contributed by atoms with E-state index in [-0.39, 0.29) is 5.41 Å². The number of amides is 1. The minimum Gasteiger partial charge on any atom is -0.338 e. The number of carbonyl (C=O) groups excluding carboxylic acids is 1. The molecule has 2 nitrogen and oxygen atoms in total. The van der Waals surface area contributed by atoms with Crippen LogP contribution in [0.5, 0.6) is 0 Å². The van der Waals surface area contributed by atoms with Crippen LogP contribution >= 0.6 is 15.9 Å². The first-order chi connectivity index (χ1) is 9.30. The average molecular weight is 346 g/mol. The van der Waals surface area contributed by atoms with E-state index < -0.39 is 23.1 Å². The molecule has 110 valence electrons. The molecule has 1 fully saturated rings. The molecular weight excluding hydrogens is 328 g/mol. The van der Waals surface area contributed by atoms with Gasteiger partial charge in [-0.15, -0.1) is 0 Å². The number of hydrogen-bond donors (Lipinski definition) is 0. The fourth-order valence-electron chi connectivity index (χ4n) is 2.53. The minimum absolute atomic E-state index is 0.172. The molecule has 0 unspecified atom stereocenters. The van der Waals surface area contributed by atoms with Crippen molar-refractivity contribution in [3.05, 3.63) is 33.8 Å². The molecule has 5 heteroatoms. The highest BCUT2D eigenvalue weighted by Crippen LogP contribution is 2.31. The van der Waals surface area contributed by atoms with E-state index in [4.69, 9.17) is 0 Å². The fourth-order valence-corrected chi connectivity index (χ4v) is 2.93. The number of likely N-dealkylation sites (tertiary alicyclic amines) is 1. The van der Waals surface area contributed by atoms with Crippen molar-refractivity contribution in [2.24, 2.45) is 5.41 Å². The lowest BCUT2D eigenvalue weighted by Gasteiger charge is -2.23. The van der Waals surface area contributed by atoms with E-state index in [0.717, 1.165) is 31.4 Å². The topological polar surface area (TPSA) is 20.3 Å². The molecule has 0 aromatic heterocycles. The normalized spacial score (nSPS) is 18.8. The number of carbonyl (C=O) groups is 1. The summed E-state index contributed by atoms with van der Waals surface area (Å²) >= 11 is 3.01. The van der Waals surface area contributed by atoms with Crippen molar-refractivity contribution in [1.82, 2.24) is 4.90 Å². The molecule has 1 aliphatic heterocycles. The van der Waals surface area contributed by atoms with Crippen LogP contribution in [0.25, 0.3) is 0 Å². The first-order valence-electron chi connectivity index (χ1n) is 6.74. The summed E-state index contributed by atoms with van der Waals surface area (Å²) in [6.45, 7) is 5.40. The molecule has 0 bridgehead atoms. The quantitative estimate of drug-likeness (QED) is 0.739. The van der Waals surface area contributed by atoms with Crippen molar-refractivity contribution >= 4 is 21.8 Å². The highest BCUT2D eigenvalue weighted by atomic mass is 79.9. The van der Waals surface area contributed by atoms with Crippen LogP contribution in [0.4, 0.5) is 8.78 Å². The van der Waals surface area contributed by atoms with Gasteiger partial charge in [0, 0.05) is 17.6 Å². The third kappa shape index (κ3) is 3.37. The summed E-state index contributed by atoms with van der Waals surface area (Å²) in [4.78, 5) is 13.9. The summed E-state index contributed by atoms with van der Waals surface area (Å²) in [6.07, 6.45) is 2.72. The van der Waals surface area contributed by atoms with Crippen molar-refractivity contribution in [1.29, 1.82) is 0 Å². The van der Waals surface area contributed by atoms with Crippen molar-refractivity contribution in [2.45, 2.75) is 33.1 Å². The van der Waals surface area contributed by atoms with Gasteiger partial charge >= 0.3 is 0 Å². The van der Waals surface area contributed by atoms with Crippen molar-refractivity contribution in [3.63, 3.8) is 0 Å². The smallest absolute Gasteiger partial charge is 0.259 e. The second-order valence-corrected chi connectivity index (χ2v) is 6.97. The van der Waals surface area contributed by atoms with Gasteiger partial charge in [-0.2, -0.15) is 0 Å². The van der Waals surface area contributed by atoms with E-state index in [1.807, 2.05) is 0 Å². The summed E-state index contributed by atoms with van der Waals surface area (Å²) < 4.78 is 28.0. The maximum atomic E-state index is 13.9. The lowest BCUT2D eigenvalue weighted by molar-refractivity contribution is 0.0747. The first-order valence-corrected chi connectivity index (χ1v) is 7.53. The summed E-state index contributed by atoms with van der Waals surface area (Å²) in [5.74, 6) is -2.18. The largest absolute Gasteiger partial charge is 0.338 e. The molecule has 1 heterocycles. The van der Waals surface area contributed by atoms with Gasteiger partial charge in [0.1, 0.15) is 17.2 Å². The Kier molecular flexibility index (Phi) is 4.47. The third-order valence-electron chi connectivity index (χ3n) is 3.85. The average Bonchev–Trinajstić information content (AvgIpc) is 2.48. The van der Waals surface area contributed by atoms with E-state index in [0.29, 0.717) is 17.6 Å². The van der Waals surface area contributed by atoms with Crippen LogP contribution in [-0.2, 0) is 0 Å². The molecule has 0 spiro atoms. The molecule has 0 atom stereocenters. The molecule has 20 heavy (non-hydrogen) atoms. The Labute approximate surface area is 126 Å². The lowest BCUT2D eigenvalue weighted by atomic mass is 9.85. The van der Waals surface area contributed by atoms with Crippen LogP contribution in [0, 0.1) is 17.0 Å². The van der Waals surface area contributed by atoms with Crippen molar-refractivity contribution < 1.29 is 13.6 Å². The Balaban J connectivity index is 2.24. The number of hydrogen-bond acceptors (Lipinski definition) is 1. The van der Waals surface area contributed by atoms with E-state index in [2.05, 4.69) is 29.8 Å². The Bertz CT molecular complexity index is 508. The van der Waals surface area contributed by atoms with Gasteiger partial charge in [0.05, 0.1) is 0 Å². The first kappa shape index (κ1) is 15.4. The van der Waals surface area contributed by atoms with Gasteiger partial charge in [-0.25, -0.2) is 8.78 Å². The van der Waals surface area contributed by atoms with Gasteiger partial charge in [0.15, 0.2) is 0 Å². The SMILES string of the molecule is CC1(C)CCCN(C(=O)c2c(F)cc(Br)cc2F)CC1. The molecule has 1 aliphatic rings. The lowest BCUT2D eigenvalue weighted by Crippen LogP contribution is -2.33. The van der Waals surface area contributed by atoms with Gasteiger partial charge in [0.25, 0.3) is 5.91 Å². The molecule has 1 amide bonds. The summed E-state index contributed by atoms with van der Waals surface area (Å²) in [5.41, 5.74) is -0.279. The van der Waals surface area contributed by atoms with Crippen molar-refractivity contribution in [2.75, 3.05) is 13.1 Å². The highest BCUT2D eigenvalue weighted by molar-refractivity contribution is 9.10. The molecule has 2 rings (SSSR count). The van der Waals surface area contributed by atoms with Gasteiger partial charge in [-0.1, -0.05) is 29.8 Å². The maximum Gasteiger partial charge on any atom is 0.259 e. The molecule has 0 radical (unpaired) electrons. The molecular formula is C15H18BrF2NO. The van der Waals surface area contributed by atoms with Gasteiger partial charge in [-0.3, -0.25) is 4.79 Å². The molecule has 1 aromatic rings. The van der Waals surface area contributed by atoms with Crippen LogP contribution in [0.15, 0.2) is 16.6 Å². The van der Waals surface area contributed by atoms with Crippen LogP contribution in [0.1, 0.15) is 43.5 Å². The zero-order valence-corrected chi connectivity index (χ0v) is 13.3. The van der Waals surface area contributed by atoms with E-state index in [1.54, 1.807) is 4.90 Å².